The van der Waals surface area contributed by atoms with E-state index in [0.29, 0.717) is 34.7 Å². The lowest BCUT2D eigenvalue weighted by atomic mass is 10.0. The highest BCUT2D eigenvalue weighted by molar-refractivity contribution is 6.30. The highest BCUT2D eigenvalue weighted by atomic mass is 35.5. The highest BCUT2D eigenvalue weighted by Crippen LogP contribution is 2.31. The molecule has 1 aromatic carbocycles. The monoisotopic (exact) mass is 399 g/mol. The molecule has 8 heteroatoms. The van der Waals surface area contributed by atoms with Gasteiger partial charge < -0.3 is 9.47 Å². The molecule has 1 aliphatic heterocycles. The quantitative estimate of drug-likeness (QED) is 0.710. The number of hydrogen-bond acceptors (Lipinski definition) is 4. The van der Waals surface area contributed by atoms with Crippen LogP contribution in [0, 0.1) is 0 Å². The van der Waals surface area contributed by atoms with Crippen molar-refractivity contribution < 1.29 is 27.4 Å². The zero-order valence-corrected chi connectivity index (χ0v) is 15.0. The van der Waals surface area contributed by atoms with E-state index in [4.69, 9.17) is 21.1 Å². The number of hydrogen-bond donors (Lipinski definition) is 0. The lowest BCUT2D eigenvalue weighted by Gasteiger charge is -2.14. The average Bonchev–Trinajstić information content (AvgIpc) is 3.15. The topological polar surface area (TPSA) is 48.4 Å². The van der Waals surface area contributed by atoms with Crippen LogP contribution in [0.2, 0.25) is 5.02 Å². The lowest BCUT2D eigenvalue weighted by Crippen LogP contribution is -2.22. The van der Waals surface area contributed by atoms with E-state index in [0.717, 1.165) is 6.42 Å². The van der Waals surface area contributed by atoms with Crippen molar-refractivity contribution in [1.29, 1.82) is 0 Å². The number of alkyl halides is 3. The molecule has 4 nitrogen and oxygen atoms in total. The van der Waals surface area contributed by atoms with Crippen molar-refractivity contribution >= 4 is 17.4 Å². The van der Waals surface area contributed by atoms with Gasteiger partial charge in [-0.05, 0) is 42.2 Å². The smallest absolute Gasteiger partial charge is 0.422 e. The standard InChI is InChI=1S/C19H17ClF3NO3/c20-14-5-3-13(4-6-14)15-8-12(9-16(25)17-2-1-7-26-17)10-24-18(15)27-11-19(21,22)23/h3-6,8,10,17H,1-2,7,9,11H2/t17-/m1/s1. The summed E-state index contributed by atoms with van der Waals surface area (Å²) in [6, 6.07) is 8.18. The Bertz CT molecular complexity index is 803. The number of carbonyl (C=O) groups is 1. The largest absolute Gasteiger partial charge is 0.468 e. The molecule has 27 heavy (non-hydrogen) atoms. The third-order valence-corrected chi connectivity index (χ3v) is 4.35. The van der Waals surface area contributed by atoms with E-state index in [1.54, 1.807) is 30.3 Å². The first-order valence-electron chi connectivity index (χ1n) is 8.40. The molecule has 0 saturated carbocycles. The molecular formula is C19H17ClF3NO3. The van der Waals surface area contributed by atoms with Gasteiger partial charge in [0.25, 0.3) is 0 Å². The molecule has 0 spiro atoms. The molecule has 0 amide bonds. The van der Waals surface area contributed by atoms with Crippen LogP contribution >= 0.6 is 11.6 Å². The average molecular weight is 400 g/mol. The van der Waals surface area contributed by atoms with E-state index < -0.39 is 18.9 Å². The van der Waals surface area contributed by atoms with E-state index in [2.05, 4.69) is 4.98 Å². The molecule has 144 valence electrons. The molecule has 1 aliphatic rings. The van der Waals surface area contributed by atoms with Gasteiger partial charge in [0.15, 0.2) is 12.4 Å². The number of Topliss-reactive ketones (excluding diaryl/α,β-unsaturated/α-hetero) is 1. The molecule has 1 fully saturated rings. The van der Waals surface area contributed by atoms with Gasteiger partial charge in [0.2, 0.25) is 5.88 Å². The van der Waals surface area contributed by atoms with Crippen LogP contribution < -0.4 is 4.74 Å². The maximum atomic E-state index is 12.5. The van der Waals surface area contributed by atoms with E-state index in [1.807, 2.05) is 0 Å². The van der Waals surface area contributed by atoms with Crippen LogP contribution in [0.3, 0.4) is 0 Å². The maximum Gasteiger partial charge on any atom is 0.422 e. The van der Waals surface area contributed by atoms with Gasteiger partial charge in [-0.2, -0.15) is 13.2 Å². The van der Waals surface area contributed by atoms with Crippen LogP contribution in [0.4, 0.5) is 13.2 Å². The summed E-state index contributed by atoms with van der Waals surface area (Å²) in [7, 11) is 0. The number of ether oxygens (including phenoxy) is 2. The zero-order chi connectivity index (χ0) is 19.4. The fourth-order valence-corrected chi connectivity index (χ4v) is 2.97. The Hall–Kier alpha value is -2.12. The number of halogens is 4. The van der Waals surface area contributed by atoms with Gasteiger partial charge >= 0.3 is 6.18 Å². The Labute approximate surface area is 159 Å². The van der Waals surface area contributed by atoms with Gasteiger partial charge in [-0.25, -0.2) is 4.98 Å². The Morgan fingerprint density at radius 2 is 2.04 bits per heavy atom. The third-order valence-electron chi connectivity index (χ3n) is 4.10. The number of ketones is 1. The van der Waals surface area contributed by atoms with Crippen molar-refractivity contribution in [3.05, 3.63) is 47.1 Å². The molecule has 1 atom stereocenters. The summed E-state index contributed by atoms with van der Waals surface area (Å²) in [5.74, 6) is -0.219. The van der Waals surface area contributed by atoms with Crippen molar-refractivity contribution in [1.82, 2.24) is 4.98 Å². The number of benzene rings is 1. The number of aromatic nitrogens is 1. The molecule has 0 bridgehead atoms. The number of nitrogens with zero attached hydrogens (tertiary/aromatic N) is 1. The Kier molecular flexibility index (Phi) is 6.01. The van der Waals surface area contributed by atoms with Crippen LogP contribution in [-0.2, 0) is 16.0 Å². The zero-order valence-electron chi connectivity index (χ0n) is 14.3. The van der Waals surface area contributed by atoms with Crippen LogP contribution in [-0.4, -0.2) is 36.3 Å². The van der Waals surface area contributed by atoms with E-state index >= 15 is 0 Å². The number of rotatable bonds is 6. The van der Waals surface area contributed by atoms with Gasteiger partial charge in [-0.3, -0.25) is 4.79 Å². The fourth-order valence-electron chi connectivity index (χ4n) is 2.84. The van der Waals surface area contributed by atoms with Gasteiger partial charge in [0, 0.05) is 29.8 Å². The first-order chi connectivity index (χ1) is 12.8. The summed E-state index contributed by atoms with van der Waals surface area (Å²) in [5, 5.41) is 0.495. The minimum absolute atomic E-state index is 0.0692. The summed E-state index contributed by atoms with van der Waals surface area (Å²) >= 11 is 5.88. The van der Waals surface area contributed by atoms with Gasteiger partial charge in [0.05, 0.1) is 0 Å². The van der Waals surface area contributed by atoms with Crippen LogP contribution in [0.25, 0.3) is 11.1 Å². The van der Waals surface area contributed by atoms with Crippen LogP contribution in [0.1, 0.15) is 18.4 Å². The summed E-state index contributed by atoms with van der Waals surface area (Å²) in [4.78, 5) is 16.3. The third kappa shape index (κ3) is 5.43. The molecule has 2 heterocycles. The summed E-state index contributed by atoms with van der Waals surface area (Å²) in [6.45, 7) is -0.885. The fraction of sp³-hybridized carbons (Fsp3) is 0.368. The molecule has 1 aromatic heterocycles. The van der Waals surface area contributed by atoms with Gasteiger partial charge in [0.1, 0.15) is 6.10 Å². The molecule has 2 aromatic rings. The molecule has 0 aliphatic carbocycles. The predicted octanol–water partition coefficient (Wildman–Crippen LogP) is 4.63. The summed E-state index contributed by atoms with van der Waals surface area (Å²) in [6.07, 6.45) is -1.92. The van der Waals surface area contributed by atoms with Crippen molar-refractivity contribution in [2.75, 3.05) is 13.2 Å². The Balaban J connectivity index is 1.87. The van der Waals surface area contributed by atoms with Crippen LogP contribution in [0.15, 0.2) is 36.5 Å². The van der Waals surface area contributed by atoms with E-state index in [9.17, 15) is 18.0 Å². The van der Waals surface area contributed by atoms with Crippen molar-refractivity contribution in [3.63, 3.8) is 0 Å². The molecule has 1 saturated heterocycles. The van der Waals surface area contributed by atoms with E-state index in [-0.39, 0.29) is 18.1 Å². The second kappa shape index (κ2) is 8.27. The molecule has 3 rings (SSSR count). The molecule has 0 unspecified atom stereocenters. The minimum atomic E-state index is -4.48. The maximum absolute atomic E-state index is 12.5. The highest BCUT2D eigenvalue weighted by Gasteiger charge is 2.29. The normalized spacial score (nSPS) is 17.1. The second-order valence-electron chi connectivity index (χ2n) is 6.25. The second-order valence-corrected chi connectivity index (χ2v) is 6.69. The number of carbonyl (C=O) groups excluding carboxylic acids is 1. The van der Waals surface area contributed by atoms with Crippen molar-refractivity contribution in [2.24, 2.45) is 0 Å². The van der Waals surface area contributed by atoms with E-state index in [1.165, 1.54) is 6.20 Å². The predicted molar refractivity (Wildman–Crippen MR) is 93.9 cm³/mol. The lowest BCUT2D eigenvalue weighted by molar-refractivity contribution is -0.154. The molecule has 0 N–H and O–H groups in total. The van der Waals surface area contributed by atoms with Crippen molar-refractivity contribution in [2.45, 2.75) is 31.5 Å². The Morgan fingerprint density at radius 1 is 1.30 bits per heavy atom. The molecule has 0 radical (unpaired) electrons. The van der Waals surface area contributed by atoms with Crippen LogP contribution in [0.5, 0.6) is 5.88 Å². The van der Waals surface area contributed by atoms with Gasteiger partial charge in [-0.1, -0.05) is 23.7 Å². The minimum Gasteiger partial charge on any atom is -0.468 e. The summed E-state index contributed by atoms with van der Waals surface area (Å²) in [5.41, 5.74) is 1.55. The first-order valence-corrected chi connectivity index (χ1v) is 8.78. The number of pyridine rings is 1. The molecular weight excluding hydrogens is 383 g/mol. The van der Waals surface area contributed by atoms with Crippen molar-refractivity contribution in [3.8, 4) is 17.0 Å². The Morgan fingerprint density at radius 3 is 2.67 bits per heavy atom. The first kappa shape index (κ1) is 19.6. The summed E-state index contributed by atoms with van der Waals surface area (Å²) < 4.78 is 47.8. The SMILES string of the molecule is O=C(Cc1cnc(OCC(F)(F)F)c(-c2ccc(Cl)cc2)c1)[C@H]1CCCO1. The van der Waals surface area contributed by atoms with Gasteiger partial charge in [-0.15, -0.1) is 0 Å².